The van der Waals surface area contributed by atoms with E-state index >= 15 is 0 Å². The van der Waals surface area contributed by atoms with Crippen LogP contribution in [0.1, 0.15) is 6.92 Å². The minimum absolute atomic E-state index is 0.519. The van der Waals surface area contributed by atoms with Crippen LogP contribution in [0.2, 0.25) is 0 Å². The van der Waals surface area contributed by atoms with Crippen molar-refractivity contribution < 1.29 is 24.5 Å². The third kappa shape index (κ3) is 6.06. The van der Waals surface area contributed by atoms with Gasteiger partial charge in [-0.15, -0.1) is 0 Å². The molecule has 0 aliphatic carbocycles. The van der Waals surface area contributed by atoms with Gasteiger partial charge in [-0.2, -0.15) is 0 Å². The maximum atomic E-state index is 9.10. The number of carboxylic acids is 2. The lowest BCUT2D eigenvalue weighted by molar-refractivity contribution is -0.159. The summed E-state index contributed by atoms with van der Waals surface area (Å²) in [6, 6.07) is 0. The maximum absolute atomic E-state index is 9.10. The zero-order valence-corrected chi connectivity index (χ0v) is 7.32. The van der Waals surface area contributed by atoms with E-state index in [1.165, 1.54) is 0 Å². The van der Waals surface area contributed by atoms with Crippen LogP contribution in [0.3, 0.4) is 0 Å². The summed E-state index contributed by atoms with van der Waals surface area (Å²) >= 11 is 0. The summed E-state index contributed by atoms with van der Waals surface area (Å²) in [5.41, 5.74) is 0. The molecule has 6 nitrogen and oxygen atoms in total. The predicted molar refractivity (Wildman–Crippen MR) is 43.6 cm³/mol. The van der Waals surface area contributed by atoms with E-state index in [9.17, 15) is 0 Å². The average Bonchev–Trinajstić information content (AvgIpc) is 1.98. The van der Waals surface area contributed by atoms with E-state index in [1.54, 1.807) is 0 Å². The van der Waals surface area contributed by atoms with E-state index in [-0.39, 0.29) is 0 Å². The van der Waals surface area contributed by atoms with Crippen molar-refractivity contribution in [2.45, 2.75) is 13.0 Å². The molecule has 0 radical (unpaired) electrons. The number of rotatable bonds is 2. The Morgan fingerprint density at radius 1 is 1.38 bits per heavy atom. The Kier molecular flexibility index (Phi) is 5.82. The van der Waals surface area contributed by atoms with Crippen LogP contribution < -0.4 is 5.32 Å². The van der Waals surface area contributed by atoms with Crippen LogP contribution in [0.5, 0.6) is 0 Å². The van der Waals surface area contributed by atoms with Gasteiger partial charge in [0.25, 0.3) is 0 Å². The van der Waals surface area contributed by atoms with Crippen LogP contribution in [0.15, 0.2) is 0 Å². The largest absolute Gasteiger partial charge is 0.473 e. The van der Waals surface area contributed by atoms with Gasteiger partial charge in [0.05, 0.1) is 6.10 Å². The van der Waals surface area contributed by atoms with Crippen LogP contribution >= 0.6 is 0 Å². The van der Waals surface area contributed by atoms with Gasteiger partial charge in [-0.25, -0.2) is 9.59 Å². The second kappa shape index (κ2) is 6.38. The second-order valence-electron chi connectivity index (χ2n) is 2.35. The van der Waals surface area contributed by atoms with Gasteiger partial charge in [0.2, 0.25) is 0 Å². The minimum Gasteiger partial charge on any atom is -0.473 e. The molecule has 0 amide bonds. The second-order valence-corrected chi connectivity index (χ2v) is 2.35. The van der Waals surface area contributed by atoms with E-state index in [2.05, 4.69) is 5.32 Å². The summed E-state index contributed by atoms with van der Waals surface area (Å²) in [5.74, 6) is -3.65. The molecule has 1 aliphatic heterocycles. The summed E-state index contributed by atoms with van der Waals surface area (Å²) in [6.07, 6.45) is 0.519. The molecule has 0 aromatic heterocycles. The Morgan fingerprint density at radius 3 is 1.92 bits per heavy atom. The molecule has 0 aromatic rings. The monoisotopic (exact) mass is 191 g/mol. The first-order valence-corrected chi connectivity index (χ1v) is 3.86. The summed E-state index contributed by atoms with van der Waals surface area (Å²) in [4.78, 5) is 18.2. The summed E-state index contributed by atoms with van der Waals surface area (Å²) in [5, 5.41) is 17.9. The standard InChI is InChI=1S/C5H11NO.C2H2O4/c1-2-7-5-3-6-4-5;3-1(4)2(5)6/h5-6H,2-4H2,1H3;(H,3,4)(H,5,6). The lowest BCUT2D eigenvalue weighted by Crippen LogP contribution is -2.48. The first-order valence-electron chi connectivity index (χ1n) is 3.86. The molecular weight excluding hydrogens is 178 g/mol. The van der Waals surface area contributed by atoms with Crippen LogP contribution in [0.25, 0.3) is 0 Å². The SMILES string of the molecule is CCOC1CNC1.O=C(O)C(=O)O. The van der Waals surface area contributed by atoms with E-state index < -0.39 is 11.9 Å². The van der Waals surface area contributed by atoms with Crippen LogP contribution in [0, 0.1) is 0 Å². The molecule has 0 saturated carbocycles. The molecule has 0 unspecified atom stereocenters. The smallest absolute Gasteiger partial charge is 0.414 e. The fraction of sp³-hybridized carbons (Fsp3) is 0.714. The van der Waals surface area contributed by atoms with E-state index in [0.717, 1.165) is 19.7 Å². The molecule has 6 heteroatoms. The van der Waals surface area contributed by atoms with Crippen molar-refractivity contribution in [3.63, 3.8) is 0 Å². The van der Waals surface area contributed by atoms with Crippen molar-refractivity contribution in [2.24, 2.45) is 0 Å². The summed E-state index contributed by atoms with van der Waals surface area (Å²) < 4.78 is 5.22. The molecule has 1 rings (SSSR count). The molecular formula is C7H13NO5. The first kappa shape index (κ1) is 11.9. The first-order chi connectivity index (χ1) is 6.07. The fourth-order valence-corrected chi connectivity index (χ4v) is 0.616. The maximum Gasteiger partial charge on any atom is 0.414 e. The number of ether oxygens (including phenoxy) is 1. The molecule has 0 spiro atoms. The third-order valence-corrected chi connectivity index (χ3v) is 1.33. The van der Waals surface area contributed by atoms with Gasteiger partial charge in [-0.05, 0) is 6.92 Å². The lowest BCUT2D eigenvalue weighted by atomic mass is 10.2. The minimum atomic E-state index is -1.82. The molecule has 1 saturated heterocycles. The van der Waals surface area contributed by atoms with Crippen LogP contribution in [0.4, 0.5) is 0 Å². The average molecular weight is 191 g/mol. The van der Waals surface area contributed by atoms with Crippen molar-refractivity contribution in [1.82, 2.24) is 5.32 Å². The molecule has 3 N–H and O–H groups in total. The molecule has 76 valence electrons. The summed E-state index contributed by atoms with van der Waals surface area (Å²) in [6.45, 7) is 4.98. The third-order valence-electron chi connectivity index (χ3n) is 1.33. The Balaban J connectivity index is 0.000000226. The van der Waals surface area contributed by atoms with Gasteiger partial charge in [0.1, 0.15) is 0 Å². The van der Waals surface area contributed by atoms with Gasteiger partial charge in [0, 0.05) is 19.7 Å². The molecule has 13 heavy (non-hydrogen) atoms. The van der Waals surface area contributed by atoms with Gasteiger partial charge in [0.15, 0.2) is 0 Å². The van der Waals surface area contributed by atoms with E-state index in [4.69, 9.17) is 24.5 Å². The van der Waals surface area contributed by atoms with Crippen molar-refractivity contribution in [3.8, 4) is 0 Å². The van der Waals surface area contributed by atoms with Crippen molar-refractivity contribution in [3.05, 3.63) is 0 Å². The van der Waals surface area contributed by atoms with Crippen LogP contribution in [-0.2, 0) is 14.3 Å². The molecule has 0 aromatic carbocycles. The molecule has 1 aliphatic rings. The fourth-order valence-electron chi connectivity index (χ4n) is 0.616. The topological polar surface area (TPSA) is 95.9 Å². The number of carboxylic acid groups (broad SMARTS) is 2. The molecule has 1 fully saturated rings. The number of nitrogens with one attached hydrogen (secondary N) is 1. The van der Waals surface area contributed by atoms with Gasteiger partial charge in [-0.3, -0.25) is 0 Å². The molecule has 1 heterocycles. The van der Waals surface area contributed by atoms with Gasteiger partial charge in [-0.1, -0.05) is 0 Å². The molecule has 0 bridgehead atoms. The Bertz CT molecular complexity index is 166. The number of aliphatic carboxylic acids is 2. The Labute approximate surface area is 75.5 Å². The number of hydrogen-bond acceptors (Lipinski definition) is 4. The highest BCUT2D eigenvalue weighted by Gasteiger charge is 2.14. The Hall–Kier alpha value is -1.14. The van der Waals surface area contributed by atoms with Gasteiger partial charge >= 0.3 is 11.9 Å². The van der Waals surface area contributed by atoms with Gasteiger partial charge < -0.3 is 20.3 Å². The highest BCUT2D eigenvalue weighted by Crippen LogP contribution is 1.95. The van der Waals surface area contributed by atoms with E-state index in [1.807, 2.05) is 6.92 Å². The quantitative estimate of drug-likeness (QED) is 0.492. The van der Waals surface area contributed by atoms with E-state index in [0.29, 0.717) is 6.10 Å². The predicted octanol–water partition coefficient (Wildman–Crippen LogP) is -0.850. The zero-order valence-electron chi connectivity index (χ0n) is 7.32. The summed E-state index contributed by atoms with van der Waals surface area (Å²) in [7, 11) is 0. The highest BCUT2D eigenvalue weighted by atomic mass is 16.5. The lowest BCUT2D eigenvalue weighted by Gasteiger charge is -2.26. The Morgan fingerprint density at radius 2 is 1.85 bits per heavy atom. The van der Waals surface area contributed by atoms with Crippen molar-refractivity contribution >= 4 is 11.9 Å². The highest BCUT2D eigenvalue weighted by molar-refractivity contribution is 6.27. The van der Waals surface area contributed by atoms with Crippen molar-refractivity contribution in [1.29, 1.82) is 0 Å². The normalized spacial score (nSPS) is 15.2. The number of carbonyl (C=O) groups is 2. The van der Waals surface area contributed by atoms with Crippen LogP contribution in [-0.4, -0.2) is 48.0 Å². The molecule has 0 atom stereocenters. The zero-order chi connectivity index (χ0) is 10.3. The number of hydrogen-bond donors (Lipinski definition) is 3. The van der Waals surface area contributed by atoms with Crippen molar-refractivity contribution in [2.75, 3.05) is 19.7 Å².